The van der Waals surface area contributed by atoms with Gasteiger partial charge < -0.3 is 5.32 Å². The van der Waals surface area contributed by atoms with Gasteiger partial charge in [0.1, 0.15) is 0 Å². The molecule has 2 heterocycles. The van der Waals surface area contributed by atoms with Crippen molar-refractivity contribution in [3.8, 4) is 0 Å². The molecule has 0 aliphatic carbocycles. The highest BCUT2D eigenvalue weighted by molar-refractivity contribution is 5.93. The van der Waals surface area contributed by atoms with E-state index in [0.717, 1.165) is 25.9 Å². The number of nitrogens with zero attached hydrogens (tertiary/aromatic N) is 2. The highest BCUT2D eigenvalue weighted by atomic mass is 16.1. The number of carbonyl (C=O) groups excluding carboxylic acids is 1. The van der Waals surface area contributed by atoms with Gasteiger partial charge in [-0.1, -0.05) is 31.2 Å². The zero-order valence-corrected chi connectivity index (χ0v) is 13.5. The van der Waals surface area contributed by atoms with Gasteiger partial charge in [-0.15, -0.1) is 0 Å². The number of aromatic nitrogens is 1. The molecule has 1 aliphatic rings. The van der Waals surface area contributed by atoms with E-state index in [4.69, 9.17) is 0 Å². The molecule has 120 valence electrons. The Morgan fingerprint density at radius 3 is 2.70 bits per heavy atom. The highest BCUT2D eigenvalue weighted by Crippen LogP contribution is 2.21. The van der Waals surface area contributed by atoms with Crippen LogP contribution in [0.5, 0.6) is 0 Å². The molecular formula is C19H23N3O. The molecular weight excluding hydrogens is 286 g/mol. The van der Waals surface area contributed by atoms with Gasteiger partial charge in [-0.05, 0) is 36.1 Å². The third kappa shape index (κ3) is 3.77. The summed E-state index contributed by atoms with van der Waals surface area (Å²) in [7, 11) is 0. The van der Waals surface area contributed by atoms with E-state index in [9.17, 15) is 4.79 Å². The highest BCUT2D eigenvalue weighted by Gasteiger charge is 2.22. The smallest absolute Gasteiger partial charge is 0.251 e. The lowest BCUT2D eigenvalue weighted by Crippen LogP contribution is -2.45. The van der Waals surface area contributed by atoms with Crippen molar-refractivity contribution in [2.45, 2.75) is 32.4 Å². The average molecular weight is 309 g/mol. The summed E-state index contributed by atoms with van der Waals surface area (Å²) in [5.74, 6) is -0.0248. The zero-order valence-electron chi connectivity index (χ0n) is 13.5. The van der Waals surface area contributed by atoms with E-state index in [2.05, 4.69) is 46.4 Å². The Morgan fingerprint density at radius 1 is 1.22 bits per heavy atom. The van der Waals surface area contributed by atoms with Crippen LogP contribution in [0.1, 0.15) is 34.8 Å². The molecule has 1 amide bonds. The number of pyridine rings is 1. The van der Waals surface area contributed by atoms with E-state index in [0.29, 0.717) is 18.2 Å². The van der Waals surface area contributed by atoms with Crippen molar-refractivity contribution >= 4 is 5.91 Å². The first-order valence-electron chi connectivity index (χ1n) is 8.27. The molecule has 2 aromatic rings. The molecule has 0 radical (unpaired) electrons. The largest absolute Gasteiger partial charge is 0.350 e. The lowest BCUT2D eigenvalue weighted by Gasteiger charge is -2.35. The van der Waals surface area contributed by atoms with Crippen LogP contribution in [-0.2, 0) is 13.0 Å². The molecule has 0 saturated heterocycles. The van der Waals surface area contributed by atoms with Gasteiger partial charge in [-0.25, -0.2) is 0 Å². The molecule has 4 nitrogen and oxygen atoms in total. The summed E-state index contributed by atoms with van der Waals surface area (Å²) < 4.78 is 0. The standard InChI is InChI=1S/C19H23N3O/c1-2-18(13-21-19(23)16-7-10-20-11-8-16)22-12-9-15-5-3-4-6-17(15)14-22/h3-8,10-11,18H,2,9,12-14H2,1H3,(H,21,23). The van der Waals surface area contributed by atoms with Crippen LogP contribution < -0.4 is 5.32 Å². The Balaban J connectivity index is 1.59. The summed E-state index contributed by atoms with van der Waals surface area (Å²) in [4.78, 5) is 18.6. The van der Waals surface area contributed by atoms with Crippen LogP contribution in [-0.4, -0.2) is 34.9 Å². The van der Waals surface area contributed by atoms with E-state index in [1.54, 1.807) is 24.5 Å². The van der Waals surface area contributed by atoms with Gasteiger partial charge in [0.2, 0.25) is 0 Å². The lowest BCUT2D eigenvalue weighted by atomic mass is 9.98. The van der Waals surface area contributed by atoms with E-state index in [-0.39, 0.29) is 5.91 Å². The Bertz CT molecular complexity index is 657. The maximum atomic E-state index is 12.2. The second-order valence-electron chi connectivity index (χ2n) is 6.00. The fourth-order valence-corrected chi connectivity index (χ4v) is 3.18. The molecule has 1 unspecified atom stereocenters. The van der Waals surface area contributed by atoms with Gasteiger partial charge in [0.25, 0.3) is 5.91 Å². The fraction of sp³-hybridized carbons (Fsp3) is 0.368. The number of fused-ring (bicyclic) bond motifs is 1. The van der Waals surface area contributed by atoms with Gasteiger partial charge in [0, 0.05) is 43.6 Å². The molecule has 1 aliphatic heterocycles. The molecule has 0 bridgehead atoms. The van der Waals surface area contributed by atoms with E-state index in [1.807, 2.05) is 0 Å². The van der Waals surface area contributed by atoms with Gasteiger partial charge >= 0.3 is 0 Å². The molecule has 1 aromatic heterocycles. The molecule has 0 spiro atoms. The van der Waals surface area contributed by atoms with Crippen molar-refractivity contribution in [3.05, 3.63) is 65.5 Å². The molecule has 0 saturated carbocycles. The number of benzene rings is 1. The van der Waals surface area contributed by atoms with Crippen LogP contribution >= 0.6 is 0 Å². The van der Waals surface area contributed by atoms with Crippen molar-refractivity contribution in [1.29, 1.82) is 0 Å². The minimum atomic E-state index is -0.0248. The Morgan fingerprint density at radius 2 is 1.96 bits per heavy atom. The third-order valence-electron chi connectivity index (χ3n) is 4.59. The van der Waals surface area contributed by atoms with Gasteiger partial charge in [-0.2, -0.15) is 0 Å². The third-order valence-corrected chi connectivity index (χ3v) is 4.59. The lowest BCUT2D eigenvalue weighted by molar-refractivity contribution is 0.0926. The molecule has 0 fully saturated rings. The van der Waals surface area contributed by atoms with Crippen LogP contribution in [0, 0.1) is 0 Å². The Hall–Kier alpha value is -2.20. The maximum Gasteiger partial charge on any atom is 0.251 e. The zero-order chi connectivity index (χ0) is 16.1. The molecule has 1 aromatic carbocycles. The van der Waals surface area contributed by atoms with E-state index < -0.39 is 0 Å². The number of amides is 1. The quantitative estimate of drug-likeness (QED) is 0.923. The second kappa shape index (κ2) is 7.38. The summed E-state index contributed by atoms with van der Waals surface area (Å²) in [6.45, 7) is 4.89. The van der Waals surface area contributed by atoms with Gasteiger partial charge in [-0.3, -0.25) is 14.7 Å². The van der Waals surface area contributed by atoms with Crippen LogP contribution in [0.3, 0.4) is 0 Å². The monoisotopic (exact) mass is 309 g/mol. The van der Waals surface area contributed by atoms with Crippen molar-refractivity contribution in [1.82, 2.24) is 15.2 Å². The topological polar surface area (TPSA) is 45.2 Å². The normalized spacial score (nSPS) is 15.7. The van der Waals surface area contributed by atoms with E-state index >= 15 is 0 Å². The van der Waals surface area contributed by atoms with Crippen molar-refractivity contribution in [2.24, 2.45) is 0 Å². The first kappa shape index (κ1) is 15.7. The van der Waals surface area contributed by atoms with E-state index in [1.165, 1.54) is 11.1 Å². The minimum absolute atomic E-state index is 0.0248. The first-order valence-corrected chi connectivity index (χ1v) is 8.27. The van der Waals surface area contributed by atoms with Crippen molar-refractivity contribution < 1.29 is 4.79 Å². The summed E-state index contributed by atoms with van der Waals surface area (Å²) in [5, 5.41) is 3.06. The fourth-order valence-electron chi connectivity index (χ4n) is 3.18. The van der Waals surface area contributed by atoms with Crippen LogP contribution in [0.25, 0.3) is 0 Å². The molecule has 3 rings (SSSR count). The number of hydrogen-bond donors (Lipinski definition) is 1. The summed E-state index contributed by atoms with van der Waals surface area (Å²) in [5.41, 5.74) is 3.54. The predicted octanol–water partition coefficient (Wildman–Crippen LogP) is 2.65. The van der Waals surface area contributed by atoms with Crippen LogP contribution in [0.15, 0.2) is 48.8 Å². The number of carbonyl (C=O) groups is 1. The number of nitrogens with one attached hydrogen (secondary N) is 1. The van der Waals surface area contributed by atoms with Gasteiger partial charge in [0.15, 0.2) is 0 Å². The number of hydrogen-bond acceptors (Lipinski definition) is 3. The van der Waals surface area contributed by atoms with Crippen LogP contribution in [0.4, 0.5) is 0 Å². The van der Waals surface area contributed by atoms with Crippen LogP contribution in [0.2, 0.25) is 0 Å². The summed E-state index contributed by atoms with van der Waals surface area (Å²) in [6.07, 6.45) is 5.41. The second-order valence-corrected chi connectivity index (χ2v) is 6.00. The Labute approximate surface area is 137 Å². The van der Waals surface area contributed by atoms with Crippen molar-refractivity contribution in [3.63, 3.8) is 0 Å². The average Bonchev–Trinajstić information content (AvgIpc) is 2.62. The van der Waals surface area contributed by atoms with Gasteiger partial charge in [0.05, 0.1) is 0 Å². The Kier molecular flexibility index (Phi) is 5.03. The summed E-state index contributed by atoms with van der Waals surface area (Å²) >= 11 is 0. The minimum Gasteiger partial charge on any atom is -0.350 e. The molecule has 23 heavy (non-hydrogen) atoms. The van der Waals surface area contributed by atoms with Crippen molar-refractivity contribution in [2.75, 3.05) is 13.1 Å². The SMILES string of the molecule is CCC(CNC(=O)c1ccncc1)N1CCc2ccccc2C1. The number of rotatable bonds is 5. The first-order chi connectivity index (χ1) is 11.3. The maximum absolute atomic E-state index is 12.2. The molecule has 4 heteroatoms. The molecule has 1 N–H and O–H groups in total. The predicted molar refractivity (Wildman–Crippen MR) is 91.2 cm³/mol. The molecule has 1 atom stereocenters. The summed E-state index contributed by atoms with van der Waals surface area (Å²) in [6, 6.07) is 12.5.